The van der Waals surface area contributed by atoms with Gasteiger partial charge in [-0.1, -0.05) is 13.8 Å². The Morgan fingerprint density at radius 1 is 1.29 bits per heavy atom. The van der Waals surface area contributed by atoms with Crippen LogP contribution in [0.1, 0.15) is 45.0 Å². The number of halogens is 1. The topological polar surface area (TPSA) is 52.8 Å². The van der Waals surface area contributed by atoms with Gasteiger partial charge in [0.1, 0.15) is 12.2 Å². The molecule has 0 aromatic carbocycles. The van der Waals surface area contributed by atoms with Gasteiger partial charge in [-0.2, -0.15) is 4.98 Å². The second-order valence-electron chi connectivity index (χ2n) is 6.01. The van der Waals surface area contributed by atoms with Crippen molar-refractivity contribution in [1.82, 2.24) is 19.5 Å². The fourth-order valence-electron chi connectivity index (χ4n) is 3.31. The van der Waals surface area contributed by atoms with Crippen molar-refractivity contribution in [1.29, 1.82) is 0 Å². The van der Waals surface area contributed by atoms with Gasteiger partial charge >= 0.3 is 0 Å². The van der Waals surface area contributed by atoms with Crippen LogP contribution in [-0.2, 0) is 5.88 Å². The molecule has 2 aromatic heterocycles. The van der Waals surface area contributed by atoms with Crippen molar-refractivity contribution in [2.45, 2.75) is 45.0 Å². The first kappa shape index (κ1) is 14.6. The molecular formula is C15H21ClN4O. The van der Waals surface area contributed by atoms with Crippen LogP contribution in [-0.4, -0.2) is 26.6 Å². The molecule has 0 saturated heterocycles. The summed E-state index contributed by atoms with van der Waals surface area (Å²) >= 11 is 6.11. The van der Waals surface area contributed by atoms with Crippen molar-refractivity contribution >= 4 is 22.8 Å². The van der Waals surface area contributed by atoms with Crippen molar-refractivity contribution in [2.24, 2.45) is 11.8 Å². The third-order valence-corrected chi connectivity index (χ3v) is 5.00. The van der Waals surface area contributed by atoms with Crippen molar-refractivity contribution in [3.05, 3.63) is 12.2 Å². The third-order valence-electron chi connectivity index (χ3n) is 4.77. The quantitative estimate of drug-likeness (QED) is 0.813. The Kier molecular flexibility index (Phi) is 4.02. The standard InChI is InChI=1S/C15H21ClN4O/c1-9-4-5-11(6-10(9)2)20-12(7-16)19-13-14(20)17-8-18-15(13)21-3/h8-11H,4-7H2,1-3H3. The highest BCUT2D eigenvalue weighted by Crippen LogP contribution is 2.38. The lowest BCUT2D eigenvalue weighted by Gasteiger charge is -2.33. The van der Waals surface area contributed by atoms with Gasteiger partial charge in [0.2, 0.25) is 5.88 Å². The Labute approximate surface area is 129 Å². The molecule has 0 N–H and O–H groups in total. The summed E-state index contributed by atoms with van der Waals surface area (Å²) in [6.45, 7) is 4.66. The molecule has 2 heterocycles. The average Bonchev–Trinajstić information content (AvgIpc) is 2.88. The summed E-state index contributed by atoms with van der Waals surface area (Å²) in [6, 6.07) is 0.412. The molecule has 1 saturated carbocycles. The van der Waals surface area contributed by atoms with Gasteiger partial charge in [0, 0.05) is 6.04 Å². The van der Waals surface area contributed by atoms with Crippen molar-refractivity contribution in [3.8, 4) is 5.88 Å². The van der Waals surface area contributed by atoms with Gasteiger partial charge in [-0.05, 0) is 31.1 Å². The highest BCUT2D eigenvalue weighted by atomic mass is 35.5. The summed E-state index contributed by atoms with van der Waals surface area (Å²) in [6.07, 6.45) is 5.05. The molecule has 2 aromatic rings. The maximum atomic E-state index is 6.11. The van der Waals surface area contributed by atoms with E-state index in [0.717, 1.165) is 30.2 Å². The van der Waals surface area contributed by atoms with Crippen molar-refractivity contribution in [3.63, 3.8) is 0 Å². The number of aromatic nitrogens is 4. The fraction of sp³-hybridized carbons (Fsp3) is 0.667. The Balaban J connectivity index is 2.08. The third kappa shape index (κ3) is 2.48. The van der Waals surface area contributed by atoms with Crippen molar-refractivity contribution < 1.29 is 4.74 Å². The molecule has 0 amide bonds. The minimum absolute atomic E-state index is 0.375. The summed E-state index contributed by atoms with van der Waals surface area (Å²) in [5.41, 5.74) is 1.55. The summed E-state index contributed by atoms with van der Waals surface area (Å²) < 4.78 is 7.50. The number of ether oxygens (including phenoxy) is 1. The average molecular weight is 309 g/mol. The molecule has 3 unspecified atom stereocenters. The molecule has 5 nitrogen and oxygen atoms in total. The number of alkyl halides is 1. The number of methoxy groups -OCH3 is 1. The predicted molar refractivity (Wildman–Crippen MR) is 82.6 cm³/mol. The molecule has 21 heavy (non-hydrogen) atoms. The van der Waals surface area contributed by atoms with Crippen LogP contribution >= 0.6 is 11.6 Å². The summed E-state index contributed by atoms with van der Waals surface area (Å²) in [5, 5.41) is 0. The lowest BCUT2D eigenvalue weighted by molar-refractivity contribution is 0.211. The van der Waals surface area contributed by atoms with E-state index in [0.29, 0.717) is 29.2 Å². The van der Waals surface area contributed by atoms with Gasteiger partial charge < -0.3 is 9.30 Å². The van der Waals surface area contributed by atoms with Gasteiger partial charge in [-0.3, -0.25) is 0 Å². The number of rotatable bonds is 3. The highest BCUT2D eigenvalue weighted by molar-refractivity contribution is 6.16. The zero-order valence-electron chi connectivity index (χ0n) is 12.7. The van der Waals surface area contributed by atoms with Gasteiger partial charge in [0.15, 0.2) is 11.2 Å². The molecule has 1 aliphatic carbocycles. The van der Waals surface area contributed by atoms with E-state index in [2.05, 4.69) is 33.4 Å². The van der Waals surface area contributed by atoms with Crippen LogP contribution in [0.5, 0.6) is 5.88 Å². The van der Waals surface area contributed by atoms with E-state index in [1.54, 1.807) is 7.11 Å². The van der Waals surface area contributed by atoms with E-state index >= 15 is 0 Å². The number of hydrogen-bond donors (Lipinski definition) is 0. The highest BCUT2D eigenvalue weighted by Gasteiger charge is 2.29. The van der Waals surface area contributed by atoms with Gasteiger partial charge in [0.05, 0.1) is 13.0 Å². The molecule has 1 fully saturated rings. The lowest BCUT2D eigenvalue weighted by atomic mass is 9.79. The van der Waals surface area contributed by atoms with Crippen LogP contribution in [0.15, 0.2) is 6.33 Å². The second-order valence-corrected chi connectivity index (χ2v) is 6.28. The molecule has 6 heteroatoms. The van der Waals surface area contributed by atoms with Gasteiger partial charge in [-0.25, -0.2) is 9.97 Å². The number of imidazole rings is 1. The Morgan fingerprint density at radius 2 is 2.10 bits per heavy atom. The second kappa shape index (κ2) is 5.79. The van der Waals surface area contributed by atoms with Crippen LogP contribution in [0.3, 0.4) is 0 Å². The summed E-state index contributed by atoms with van der Waals surface area (Å²) in [4.78, 5) is 13.2. The van der Waals surface area contributed by atoms with E-state index in [1.807, 2.05) is 0 Å². The molecule has 0 spiro atoms. The molecule has 0 bridgehead atoms. The van der Waals surface area contributed by atoms with E-state index in [9.17, 15) is 0 Å². The zero-order chi connectivity index (χ0) is 15.0. The predicted octanol–water partition coefficient (Wildman–Crippen LogP) is 3.57. The van der Waals surface area contributed by atoms with E-state index in [-0.39, 0.29) is 0 Å². The lowest BCUT2D eigenvalue weighted by Crippen LogP contribution is -2.24. The molecular weight excluding hydrogens is 288 g/mol. The summed E-state index contributed by atoms with van der Waals surface area (Å²) in [7, 11) is 1.60. The molecule has 3 atom stereocenters. The molecule has 3 rings (SSSR count). The normalized spacial score (nSPS) is 26.2. The SMILES string of the molecule is COc1ncnc2c1nc(CCl)n2C1CCC(C)C(C)C1. The zero-order valence-corrected chi connectivity index (χ0v) is 13.5. The maximum Gasteiger partial charge on any atom is 0.245 e. The summed E-state index contributed by atoms with van der Waals surface area (Å²) in [5.74, 6) is 3.23. The van der Waals surface area contributed by atoms with E-state index in [1.165, 1.54) is 12.7 Å². The first-order valence-corrected chi connectivity index (χ1v) is 8.00. The minimum atomic E-state index is 0.375. The molecule has 0 aliphatic heterocycles. The van der Waals surface area contributed by atoms with Gasteiger partial charge in [0.25, 0.3) is 0 Å². The molecule has 0 radical (unpaired) electrons. The first-order valence-electron chi connectivity index (χ1n) is 7.47. The van der Waals surface area contributed by atoms with Crippen LogP contribution < -0.4 is 4.74 Å². The fourth-order valence-corrected chi connectivity index (χ4v) is 3.50. The first-order chi connectivity index (χ1) is 10.2. The minimum Gasteiger partial charge on any atom is -0.479 e. The monoisotopic (exact) mass is 308 g/mol. The number of nitrogens with zero attached hydrogens (tertiary/aromatic N) is 4. The van der Waals surface area contributed by atoms with Gasteiger partial charge in [-0.15, -0.1) is 11.6 Å². The molecule has 1 aliphatic rings. The van der Waals surface area contributed by atoms with Crippen molar-refractivity contribution in [2.75, 3.05) is 7.11 Å². The van der Waals surface area contributed by atoms with E-state index in [4.69, 9.17) is 16.3 Å². The Bertz CT molecular complexity index is 642. The van der Waals surface area contributed by atoms with Crippen LogP contribution in [0.2, 0.25) is 0 Å². The maximum absolute atomic E-state index is 6.11. The molecule has 114 valence electrons. The smallest absolute Gasteiger partial charge is 0.245 e. The largest absolute Gasteiger partial charge is 0.479 e. The van der Waals surface area contributed by atoms with Crippen LogP contribution in [0.25, 0.3) is 11.2 Å². The number of hydrogen-bond acceptors (Lipinski definition) is 4. The van der Waals surface area contributed by atoms with Crippen LogP contribution in [0, 0.1) is 11.8 Å². The Morgan fingerprint density at radius 3 is 2.76 bits per heavy atom. The Hall–Kier alpha value is -1.36. The van der Waals surface area contributed by atoms with E-state index < -0.39 is 0 Å². The number of fused-ring (bicyclic) bond motifs is 1. The van der Waals surface area contributed by atoms with Crippen LogP contribution in [0.4, 0.5) is 0 Å².